The number of pyridine rings is 1. The highest BCUT2D eigenvalue weighted by Gasteiger charge is 2.05. The minimum Gasteiger partial charge on any atom is -0.355 e. The topological polar surface area (TPSA) is 16.1 Å². The zero-order valence-corrected chi connectivity index (χ0v) is 11.7. The van der Waals surface area contributed by atoms with Gasteiger partial charge in [-0.05, 0) is 23.8 Å². The summed E-state index contributed by atoms with van der Waals surface area (Å²) in [5.41, 5.74) is 1.23. The molecule has 0 bridgehead atoms. The summed E-state index contributed by atoms with van der Waals surface area (Å²) in [4.78, 5) is 6.36. The predicted molar refractivity (Wildman–Crippen MR) is 75.5 cm³/mol. The molecule has 2 nitrogen and oxygen atoms in total. The van der Waals surface area contributed by atoms with Crippen LogP contribution in [0.2, 0.25) is 5.02 Å². The van der Waals surface area contributed by atoms with Crippen molar-refractivity contribution in [2.45, 2.75) is 6.54 Å². The Balaban J connectivity index is 2.14. The smallest absolute Gasteiger partial charge is 0.128 e. The van der Waals surface area contributed by atoms with E-state index in [1.807, 2.05) is 37.4 Å². The van der Waals surface area contributed by atoms with Gasteiger partial charge >= 0.3 is 0 Å². The molecular formula is C13H12BrClN2. The van der Waals surface area contributed by atoms with Crippen molar-refractivity contribution in [1.29, 1.82) is 0 Å². The van der Waals surface area contributed by atoms with Gasteiger partial charge in [-0.3, -0.25) is 0 Å². The van der Waals surface area contributed by atoms with Gasteiger partial charge in [-0.15, -0.1) is 0 Å². The maximum Gasteiger partial charge on any atom is 0.128 e. The molecular weight excluding hydrogens is 300 g/mol. The van der Waals surface area contributed by atoms with E-state index in [0.717, 1.165) is 16.8 Å². The van der Waals surface area contributed by atoms with E-state index in [2.05, 4.69) is 31.9 Å². The zero-order valence-electron chi connectivity index (χ0n) is 9.40. The van der Waals surface area contributed by atoms with Crippen molar-refractivity contribution in [3.8, 4) is 0 Å². The Bertz CT molecular complexity index is 499. The van der Waals surface area contributed by atoms with Crippen molar-refractivity contribution >= 4 is 33.3 Å². The Morgan fingerprint density at radius 3 is 2.65 bits per heavy atom. The third-order valence-electron chi connectivity index (χ3n) is 2.47. The molecule has 0 N–H and O–H groups in total. The Labute approximate surface area is 114 Å². The lowest BCUT2D eigenvalue weighted by Crippen LogP contribution is -2.17. The standard InChI is InChI=1S/C13H12BrClN2/c1-17(13-7-6-11(15)8-16-13)9-10-4-2-3-5-12(10)14/h2-8H,9H2,1H3. The molecule has 0 amide bonds. The third kappa shape index (κ3) is 3.20. The molecule has 88 valence electrons. The quantitative estimate of drug-likeness (QED) is 0.847. The van der Waals surface area contributed by atoms with Crippen molar-refractivity contribution in [2.75, 3.05) is 11.9 Å². The lowest BCUT2D eigenvalue weighted by Gasteiger charge is -2.18. The normalized spacial score (nSPS) is 10.3. The molecule has 1 aromatic carbocycles. The maximum absolute atomic E-state index is 5.81. The van der Waals surface area contributed by atoms with E-state index < -0.39 is 0 Å². The van der Waals surface area contributed by atoms with Crippen LogP contribution in [0, 0.1) is 0 Å². The van der Waals surface area contributed by atoms with Gasteiger partial charge in [0.15, 0.2) is 0 Å². The first-order valence-corrected chi connectivity index (χ1v) is 6.40. The van der Waals surface area contributed by atoms with Gasteiger partial charge in [-0.1, -0.05) is 45.7 Å². The summed E-state index contributed by atoms with van der Waals surface area (Å²) < 4.78 is 1.11. The first-order chi connectivity index (χ1) is 8.16. The number of aromatic nitrogens is 1. The number of rotatable bonds is 3. The van der Waals surface area contributed by atoms with Crippen molar-refractivity contribution in [1.82, 2.24) is 4.98 Å². The first-order valence-electron chi connectivity index (χ1n) is 5.23. The highest BCUT2D eigenvalue weighted by atomic mass is 79.9. The summed E-state index contributed by atoms with van der Waals surface area (Å²) in [6.45, 7) is 0.802. The molecule has 4 heteroatoms. The van der Waals surface area contributed by atoms with Crippen LogP contribution in [0.15, 0.2) is 47.1 Å². The van der Waals surface area contributed by atoms with Crippen molar-refractivity contribution in [3.05, 3.63) is 57.7 Å². The first kappa shape index (κ1) is 12.4. The van der Waals surface area contributed by atoms with Crippen LogP contribution in [-0.4, -0.2) is 12.0 Å². The molecule has 2 aromatic rings. The number of benzene rings is 1. The van der Waals surface area contributed by atoms with Gasteiger partial charge in [0.2, 0.25) is 0 Å². The summed E-state index contributed by atoms with van der Waals surface area (Å²) in [5, 5.41) is 0.656. The maximum atomic E-state index is 5.81. The van der Waals surface area contributed by atoms with Crippen molar-refractivity contribution in [3.63, 3.8) is 0 Å². The second-order valence-electron chi connectivity index (χ2n) is 3.78. The van der Waals surface area contributed by atoms with Crippen LogP contribution in [0.1, 0.15) is 5.56 Å². The van der Waals surface area contributed by atoms with E-state index in [1.54, 1.807) is 6.20 Å². The molecule has 0 atom stereocenters. The molecule has 17 heavy (non-hydrogen) atoms. The molecule has 0 unspecified atom stereocenters. The van der Waals surface area contributed by atoms with E-state index in [9.17, 15) is 0 Å². The second-order valence-corrected chi connectivity index (χ2v) is 5.07. The monoisotopic (exact) mass is 310 g/mol. The van der Waals surface area contributed by atoms with Gasteiger partial charge in [0.25, 0.3) is 0 Å². The van der Waals surface area contributed by atoms with Gasteiger partial charge in [-0.25, -0.2) is 4.98 Å². The van der Waals surface area contributed by atoms with E-state index in [-0.39, 0.29) is 0 Å². The van der Waals surface area contributed by atoms with Crippen LogP contribution >= 0.6 is 27.5 Å². The predicted octanol–water partition coefficient (Wildman–Crippen LogP) is 4.13. The van der Waals surface area contributed by atoms with Crippen LogP contribution in [-0.2, 0) is 6.54 Å². The summed E-state index contributed by atoms with van der Waals surface area (Å²) in [5.74, 6) is 0.908. The van der Waals surface area contributed by atoms with Crippen LogP contribution in [0.5, 0.6) is 0 Å². The molecule has 1 heterocycles. The largest absolute Gasteiger partial charge is 0.355 e. The Hall–Kier alpha value is -1.06. The molecule has 0 aliphatic rings. The molecule has 0 aliphatic carbocycles. The van der Waals surface area contributed by atoms with Gasteiger partial charge in [-0.2, -0.15) is 0 Å². The van der Waals surface area contributed by atoms with E-state index in [4.69, 9.17) is 11.6 Å². The number of nitrogens with zero attached hydrogens (tertiary/aromatic N) is 2. The third-order valence-corrected chi connectivity index (χ3v) is 3.47. The van der Waals surface area contributed by atoms with E-state index >= 15 is 0 Å². The molecule has 0 spiro atoms. The van der Waals surface area contributed by atoms with E-state index in [0.29, 0.717) is 5.02 Å². The Morgan fingerprint density at radius 1 is 1.24 bits per heavy atom. The lowest BCUT2D eigenvalue weighted by molar-refractivity contribution is 0.894. The SMILES string of the molecule is CN(Cc1ccccc1Br)c1ccc(Cl)cn1. The van der Waals surface area contributed by atoms with Crippen molar-refractivity contribution < 1.29 is 0 Å². The highest BCUT2D eigenvalue weighted by Crippen LogP contribution is 2.20. The molecule has 0 aliphatic heterocycles. The minimum atomic E-state index is 0.656. The van der Waals surface area contributed by atoms with Gasteiger partial charge < -0.3 is 4.90 Å². The summed E-state index contributed by atoms with van der Waals surface area (Å²) in [6.07, 6.45) is 1.66. The fourth-order valence-electron chi connectivity index (χ4n) is 1.56. The number of halogens is 2. The summed E-state index contributed by atoms with van der Waals surface area (Å²) >= 11 is 9.35. The number of hydrogen-bond acceptors (Lipinski definition) is 2. The molecule has 1 aromatic heterocycles. The lowest BCUT2D eigenvalue weighted by atomic mass is 10.2. The minimum absolute atomic E-state index is 0.656. The highest BCUT2D eigenvalue weighted by molar-refractivity contribution is 9.10. The average Bonchev–Trinajstić information content (AvgIpc) is 2.33. The van der Waals surface area contributed by atoms with Crippen LogP contribution in [0.4, 0.5) is 5.82 Å². The van der Waals surface area contributed by atoms with E-state index in [1.165, 1.54) is 5.56 Å². The molecule has 0 saturated heterocycles. The summed E-state index contributed by atoms with van der Waals surface area (Å²) in [6, 6.07) is 11.9. The molecule has 0 saturated carbocycles. The molecule has 0 fully saturated rings. The van der Waals surface area contributed by atoms with Gasteiger partial charge in [0.1, 0.15) is 5.82 Å². The van der Waals surface area contributed by atoms with Gasteiger partial charge in [0.05, 0.1) is 5.02 Å². The van der Waals surface area contributed by atoms with Crippen LogP contribution in [0.3, 0.4) is 0 Å². The number of anilines is 1. The summed E-state index contributed by atoms with van der Waals surface area (Å²) in [7, 11) is 2.01. The number of hydrogen-bond donors (Lipinski definition) is 0. The van der Waals surface area contributed by atoms with Crippen LogP contribution < -0.4 is 4.90 Å². The Kier molecular flexibility index (Phi) is 4.02. The molecule has 0 radical (unpaired) electrons. The van der Waals surface area contributed by atoms with Crippen molar-refractivity contribution in [2.24, 2.45) is 0 Å². The zero-order chi connectivity index (χ0) is 12.3. The molecule has 2 rings (SSSR count). The van der Waals surface area contributed by atoms with Gasteiger partial charge in [0, 0.05) is 24.3 Å². The average molecular weight is 312 g/mol. The fraction of sp³-hybridized carbons (Fsp3) is 0.154. The fourth-order valence-corrected chi connectivity index (χ4v) is 2.08. The second kappa shape index (κ2) is 5.52. The van der Waals surface area contributed by atoms with Crippen LogP contribution in [0.25, 0.3) is 0 Å². The Morgan fingerprint density at radius 2 is 2.00 bits per heavy atom.